The van der Waals surface area contributed by atoms with Crippen LogP contribution in [0.2, 0.25) is 0 Å². The molecule has 0 radical (unpaired) electrons. The lowest BCUT2D eigenvalue weighted by Crippen LogP contribution is -2.28. The first-order valence-corrected chi connectivity index (χ1v) is 6.50. The highest BCUT2D eigenvalue weighted by Crippen LogP contribution is 2.23. The Bertz CT molecular complexity index is 390. The summed E-state index contributed by atoms with van der Waals surface area (Å²) in [6, 6.07) is 4.34. The summed E-state index contributed by atoms with van der Waals surface area (Å²) in [5, 5.41) is 0. The van der Waals surface area contributed by atoms with Crippen LogP contribution in [0.15, 0.2) is 12.1 Å². The van der Waals surface area contributed by atoms with E-state index in [9.17, 15) is 0 Å². The summed E-state index contributed by atoms with van der Waals surface area (Å²) < 4.78 is 5.34. The quantitative estimate of drug-likeness (QED) is 0.842. The molecule has 0 bridgehead atoms. The summed E-state index contributed by atoms with van der Waals surface area (Å²) in [5.41, 5.74) is 9.50. The molecule has 1 atom stereocenters. The molecule has 3 nitrogen and oxygen atoms in total. The fraction of sp³-hybridized carbons (Fsp3) is 0.600. The highest BCUT2D eigenvalue weighted by atomic mass is 16.5. The van der Waals surface area contributed by atoms with Crippen LogP contribution in [0, 0.1) is 19.8 Å². The van der Waals surface area contributed by atoms with E-state index in [1.807, 2.05) is 0 Å². The Kier molecular flexibility index (Phi) is 5.63. The molecule has 0 amide bonds. The minimum absolute atomic E-state index is 0.537. The van der Waals surface area contributed by atoms with Crippen molar-refractivity contribution in [3.8, 4) is 5.75 Å². The van der Waals surface area contributed by atoms with Crippen molar-refractivity contribution < 1.29 is 4.74 Å². The van der Waals surface area contributed by atoms with Gasteiger partial charge < -0.3 is 15.4 Å². The average Bonchev–Trinajstić information content (AvgIpc) is 2.33. The van der Waals surface area contributed by atoms with Crippen LogP contribution in [0.1, 0.15) is 23.6 Å². The number of hydrogen-bond donors (Lipinski definition) is 1. The molecule has 1 unspecified atom stereocenters. The molecule has 0 fully saturated rings. The van der Waals surface area contributed by atoms with Gasteiger partial charge in [-0.15, -0.1) is 0 Å². The van der Waals surface area contributed by atoms with Gasteiger partial charge in [-0.3, -0.25) is 0 Å². The predicted octanol–water partition coefficient (Wildman–Crippen LogP) is 2.34. The summed E-state index contributed by atoms with van der Waals surface area (Å²) in [7, 11) is 3.86. The van der Waals surface area contributed by atoms with Crippen molar-refractivity contribution in [2.75, 3.05) is 27.2 Å². The number of nitrogens with two attached hydrogens (primary N) is 1. The maximum absolute atomic E-state index is 5.66. The van der Waals surface area contributed by atoms with Gasteiger partial charge in [0, 0.05) is 13.1 Å². The van der Waals surface area contributed by atoms with E-state index >= 15 is 0 Å². The Hall–Kier alpha value is -1.06. The van der Waals surface area contributed by atoms with E-state index in [0.29, 0.717) is 5.92 Å². The van der Waals surface area contributed by atoms with Crippen LogP contribution in [0.25, 0.3) is 0 Å². The lowest BCUT2D eigenvalue weighted by atomic mass is 10.0. The molecular formula is C15H26N2O. The molecule has 0 aliphatic rings. The molecule has 18 heavy (non-hydrogen) atoms. The molecule has 102 valence electrons. The number of benzene rings is 1. The molecule has 1 rings (SSSR count). The van der Waals surface area contributed by atoms with E-state index in [0.717, 1.165) is 25.4 Å². The van der Waals surface area contributed by atoms with Crippen LogP contribution < -0.4 is 10.5 Å². The van der Waals surface area contributed by atoms with Crippen molar-refractivity contribution in [2.45, 2.75) is 27.3 Å². The van der Waals surface area contributed by atoms with E-state index in [4.69, 9.17) is 10.5 Å². The van der Waals surface area contributed by atoms with Gasteiger partial charge in [0.1, 0.15) is 5.75 Å². The molecule has 0 aliphatic heterocycles. The van der Waals surface area contributed by atoms with Crippen molar-refractivity contribution in [3.05, 3.63) is 28.8 Å². The average molecular weight is 250 g/mol. The summed E-state index contributed by atoms with van der Waals surface area (Å²) in [6.45, 7) is 9.14. The molecular weight excluding hydrogens is 224 g/mol. The first kappa shape index (κ1) is 15.0. The lowest BCUT2D eigenvalue weighted by Gasteiger charge is -2.22. The van der Waals surface area contributed by atoms with Gasteiger partial charge in [0.15, 0.2) is 0 Å². The molecule has 1 aromatic rings. The van der Waals surface area contributed by atoms with E-state index in [-0.39, 0.29) is 0 Å². The first-order chi connectivity index (χ1) is 8.47. The fourth-order valence-electron chi connectivity index (χ4n) is 2.20. The molecule has 0 aliphatic carbocycles. The van der Waals surface area contributed by atoms with E-state index in [2.05, 4.69) is 44.9 Å². The Balaban J connectivity index is 2.75. The third-order valence-electron chi connectivity index (χ3n) is 3.32. The van der Waals surface area contributed by atoms with Gasteiger partial charge in [-0.2, -0.15) is 0 Å². The molecule has 0 saturated heterocycles. The molecule has 3 heteroatoms. The minimum atomic E-state index is 0.537. The molecule has 1 aromatic carbocycles. The van der Waals surface area contributed by atoms with E-state index in [1.54, 1.807) is 7.11 Å². The number of rotatable bonds is 6. The van der Waals surface area contributed by atoms with Gasteiger partial charge in [0.2, 0.25) is 0 Å². The second kappa shape index (κ2) is 6.76. The van der Waals surface area contributed by atoms with Crippen LogP contribution in [-0.4, -0.2) is 32.1 Å². The second-order valence-electron chi connectivity index (χ2n) is 5.29. The third-order valence-corrected chi connectivity index (χ3v) is 3.32. The van der Waals surface area contributed by atoms with Crippen LogP contribution in [0.4, 0.5) is 0 Å². The minimum Gasteiger partial charge on any atom is -0.496 e. The van der Waals surface area contributed by atoms with Gasteiger partial charge in [0.25, 0.3) is 0 Å². The van der Waals surface area contributed by atoms with Crippen molar-refractivity contribution in [1.29, 1.82) is 0 Å². The van der Waals surface area contributed by atoms with E-state index in [1.165, 1.54) is 16.7 Å². The van der Waals surface area contributed by atoms with Crippen LogP contribution in [-0.2, 0) is 6.54 Å². The van der Waals surface area contributed by atoms with Crippen LogP contribution >= 0.6 is 0 Å². The monoisotopic (exact) mass is 250 g/mol. The van der Waals surface area contributed by atoms with Crippen molar-refractivity contribution in [1.82, 2.24) is 4.90 Å². The SMILES string of the molecule is COc1cc(C)c(CN(C)CC(C)CN)cc1C. The Morgan fingerprint density at radius 3 is 2.50 bits per heavy atom. The van der Waals surface area contributed by atoms with Crippen LogP contribution in [0.3, 0.4) is 0 Å². The lowest BCUT2D eigenvalue weighted by molar-refractivity contribution is 0.281. The van der Waals surface area contributed by atoms with Crippen molar-refractivity contribution in [3.63, 3.8) is 0 Å². The van der Waals surface area contributed by atoms with Crippen molar-refractivity contribution >= 4 is 0 Å². The van der Waals surface area contributed by atoms with Crippen LogP contribution in [0.5, 0.6) is 5.75 Å². The van der Waals surface area contributed by atoms with Gasteiger partial charge in [-0.05, 0) is 56.1 Å². The highest BCUT2D eigenvalue weighted by molar-refractivity contribution is 5.41. The number of methoxy groups -OCH3 is 1. The molecule has 0 aromatic heterocycles. The normalized spacial score (nSPS) is 12.8. The number of ether oxygens (including phenoxy) is 1. The number of nitrogens with zero attached hydrogens (tertiary/aromatic N) is 1. The standard InChI is InChI=1S/C15H26N2O/c1-11(8-16)9-17(4)10-14-6-13(3)15(18-5)7-12(14)2/h6-7,11H,8-10,16H2,1-5H3. The van der Waals surface area contributed by atoms with Gasteiger partial charge in [-0.25, -0.2) is 0 Å². The predicted molar refractivity (Wildman–Crippen MR) is 77.0 cm³/mol. The van der Waals surface area contributed by atoms with Gasteiger partial charge in [-0.1, -0.05) is 13.0 Å². The Morgan fingerprint density at radius 2 is 1.94 bits per heavy atom. The summed E-state index contributed by atoms with van der Waals surface area (Å²) in [5.74, 6) is 1.50. The topological polar surface area (TPSA) is 38.5 Å². The maximum Gasteiger partial charge on any atom is 0.122 e. The largest absolute Gasteiger partial charge is 0.496 e. The zero-order chi connectivity index (χ0) is 13.7. The Morgan fingerprint density at radius 1 is 1.28 bits per heavy atom. The smallest absolute Gasteiger partial charge is 0.122 e. The first-order valence-electron chi connectivity index (χ1n) is 6.50. The zero-order valence-electron chi connectivity index (χ0n) is 12.3. The zero-order valence-corrected chi connectivity index (χ0v) is 12.3. The van der Waals surface area contributed by atoms with Crippen molar-refractivity contribution in [2.24, 2.45) is 11.7 Å². The molecule has 0 saturated carbocycles. The number of hydrogen-bond acceptors (Lipinski definition) is 3. The summed E-state index contributed by atoms with van der Waals surface area (Å²) in [4.78, 5) is 2.33. The molecule has 0 heterocycles. The van der Waals surface area contributed by atoms with Gasteiger partial charge >= 0.3 is 0 Å². The maximum atomic E-state index is 5.66. The summed E-state index contributed by atoms with van der Waals surface area (Å²) >= 11 is 0. The van der Waals surface area contributed by atoms with Gasteiger partial charge in [0.05, 0.1) is 7.11 Å². The Labute approximate surface area is 111 Å². The number of aryl methyl sites for hydroxylation is 2. The summed E-state index contributed by atoms with van der Waals surface area (Å²) in [6.07, 6.45) is 0. The third kappa shape index (κ3) is 4.00. The highest BCUT2D eigenvalue weighted by Gasteiger charge is 2.09. The molecule has 0 spiro atoms. The molecule has 2 N–H and O–H groups in total. The fourth-order valence-corrected chi connectivity index (χ4v) is 2.20. The van der Waals surface area contributed by atoms with E-state index < -0.39 is 0 Å². The second-order valence-corrected chi connectivity index (χ2v) is 5.29.